The van der Waals surface area contributed by atoms with Gasteiger partial charge in [-0.3, -0.25) is 0 Å². The molecule has 2 heterocycles. The van der Waals surface area contributed by atoms with Crippen LogP contribution in [0.5, 0.6) is 5.75 Å². The Bertz CT molecular complexity index is 1930. The summed E-state index contributed by atoms with van der Waals surface area (Å²) >= 11 is 2.77. The van der Waals surface area contributed by atoms with Gasteiger partial charge >= 0.3 is 0 Å². The van der Waals surface area contributed by atoms with Crippen LogP contribution in [0.15, 0.2) is 101 Å². The van der Waals surface area contributed by atoms with Gasteiger partial charge in [-0.05, 0) is 90.4 Å². The molecule has 0 atom stereocenters. The van der Waals surface area contributed by atoms with E-state index in [2.05, 4.69) is 58.8 Å². The van der Waals surface area contributed by atoms with Crippen molar-refractivity contribution in [3.8, 4) is 37.8 Å². The Morgan fingerprint density at radius 3 is 1.93 bits per heavy atom. The maximum absolute atomic E-state index is 15.1. The number of rotatable bonds is 11. The lowest BCUT2D eigenvalue weighted by molar-refractivity contribution is 0.271. The smallest absolute Gasteiger partial charge is 0.132 e. The van der Waals surface area contributed by atoms with Gasteiger partial charge in [0.15, 0.2) is 0 Å². The van der Waals surface area contributed by atoms with Crippen LogP contribution in [-0.2, 0) is 6.42 Å². The van der Waals surface area contributed by atoms with E-state index in [4.69, 9.17) is 4.74 Å². The number of azo groups is 1. The molecular formula is C37H35FN4OS2. The Morgan fingerprint density at radius 2 is 1.29 bits per heavy atom. The first-order valence-electron chi connectivity index (χ1n) is 15.2. The summed E-state index contributed by atoms with van der Waals surface area (Å²) in [5.74, 6) is 1.73. The van der Waals surface area contributed by atoms with Crippen LogP contribution in [0.25, 0.3) is 43.0 Å². The molecule has 2 aromatic heterocycles. The predicted octanol–water partition coefficient (Wildman–Crippen LogP) is 11.9. The zero-order chi connectivity index (χ0) is 31.3. The molecule has 0 aliphatic carbocycles. The summed E-state index contributed by atoms with van der Waals surface area (Å²) in [5, 5.41) is 8.78. The number of thiophene rings is 1. The molecule has 8 heteroatoms. The maximum Gasteiger partial charge on any atom is 0.132 e. The van der Waals surface area contributed by atoms with Crippen molar-refractivity contribution in [2.75, 3.05) is 6.61 Å². The first kappa shape index (κ1) is 30.7. The molecule has 0 aliphatic rings. The van der Waals surface area contributed by atoms with E-state index in [1.807, 2.05) is 72.8 Å². The van der Waals surface area contributed by atoms with Crippen LogP contribution < -0.4 is 4.74 Å². The fraction of sp³-hybridized carbons (Fsp3) is 0.243. The van der Waals surface area contributed by atoms with Gasteiger partial charge in [-0.2, -0.15) is 19.0 Å². The lowest BCUT2D eigenvalue weighted by atomic mass is 10.0. The van der Waals surface area contributed by atoms with Crippen LogP contribution in [0, 0.1) is 17.7 Å². The molecule has 6 aromatic rings. The molecule has 5 nitrogen and oxygen atoms in total. The van der Waals surface area contributed by atoms with Crippen molar-refractivity contribution in [1.29, 1.82) is 0 Å². The summed E-state index contributed by atoms with van der Waals surface area (Å²) in [6.45, 7) is 9.31. The molecule has 0 N–H and O–H groups in total. The molecule has 0 bridgehead atoms. The Labute approximate surface area is 271 Å². The summed E-state index contributed by atoms with van der Waals surface area (Å²) in [4.78, 5) is 1.94. The molecule has 0 spiro atoms. The molecule has 0 saturated heterocycles. The van der Waals surface area contributed by atoms with Gasteiger partial charge in [0.2, 0.25) is 0 Å². The van der Waals surface area contributed by atoms with E-state index in [0.29, 0.717) is 24.0 Å². The standard InChI is InChI=1S/C37H35FN4OS2/c1-23(2)5-6-25-7-16-31(33(38)21-25)34-19-20-35(44-34)32-18-17-30(36-37(32)42-45-41-36)26-8-10-27(11-9-26)39-40-28-12-14-29(15-13-28)43-22-24(3)4/h7-21,23-24H,5-6,22H2,1-4H3. The van der Waals surface area contributed by atoms with Gasteiger partial charge in [0.25, 0.3) is 0 Å². The quantitative estimate of drug-likeness (QED) is 0.133. The molecule has 0 unspecified atom stereocenters. The zero-order valence-corrected chi connectivity index (χ0v) is 27.5. The Kier molecular flexibility index (Phi) is 9.42. The minimum absolute atomic E-state index is 0.173. The number of hydrogen-bond donors (Lipinski definition) is 0. The van der Waals surface area contributed by atoms with Crippen LogP contribution in [0.3, 0.4) is 0 Å². The summed E-state index contributed by atoms with van der Waals surface area (Å²) in [6, 6.07) is 29.4. The van der Waals surface area contributed by atoms with E-state index in [1.54, 1.807) is 17.4 Å². The monoisotopic (exact) mass is 634 g/mol. The van der Waals surface area contributed by atoms with Crippen LogP contribution in [-0.4, -0.2) is 15.4 Å². The fourth-order valence-electron chi connectivity index (χ4n) is 4.99. The Hall–Kier alpha value is -4.27. The molecule has 6 rings (SSSR count). The number of hydrogen-bond acceptors (Lipinski definition) is 7. The van der Waals surface area contributed by atoms with Gasteiger partial charge in [0, 0.05) is 26.4 Å². The van der Waals surface area contributed by atoms with E-state index in [0.717, 1.165) is 73.0 Å². The van der Waals surface area contributed by atoms with E-state index in [-0.39, 0.29) is 5.82 Å². The highest BCUT2D eigenvalue weighted by atomic mass is 32.1. The number of aryl methyl sites for hydroxylation is 1. The maximum atomic E-state index is 15.1. The number of fused-ring (bicyclic) bond motifs is 1. The average Bonchev–Trinajstić information content (AvgIpc) is 3.73. The van der Waals surface area contributed by atoms with Crippen LogP contribution in [0.4, 0.5) is 15.8 Å². The van der Waals surface area contributed by atoms with Crippen molar-refractivity contribution < 1.29 is 9.13 Å². The van der Waals surface area contributed by atoms with Crippen LogP contribution >= 0.6 is 23.1 Å². The average molecular weight is 635 g/mol. The van der Waals surface area contributed by atoms with Crippen molar-refractivity contribution in [2.45, 2.75) is 40.5 Å². The number of benzene rings is 4. The van der Waals surface area contributed by atoms with Gasteiger partial charge in [-0.15, -0.1) is 11.3 Å². The molecule has 0 aliphatic heterocycles. The van der Waals surface area contributed by atoms with E-state index in [9.17, 15) is 0 Å². The van der Waals surface area contributed by atoms with Gasteiger partial charge in [0.1, 0.15) is 22.6 Å². The molecular weight excluding hydrogens is 600 g/mol. The summed E-state index contributed by atoms with van der Waals surface area (Å²) in [6.07, 6.45) is 1.94. The molecule has 0 amide bonds. The molecule has 4 aromatic carbocycles. The molecule has 45 heavy (non-hydrogen) atoms. The molecule has 228 valence electrons. The van der Waals surface area contributed by atoms with Crippen LogP contribution in [0.1, 0.15) is 39.7 Å². The molecule has 0 radical (unpaired) electrons. The van der Waals surface area contributed by atoms with Gasteiger partial charge in [-0.25, -0.2) is 4.39 Å². The fourth-order valence-corrected chi connectivity index (χ4v) is 6.62. The lowest BCUT2D eigenvalue weighted by Crippen LogP contribution is -2.03. The molecule has 0 fully saturated rings. The summed E-state index contributed by atoms with van der Waals surface area (Å²) in [5.41, 5.74) is 7.92. The third-order valence-electron chi connectivity index (χ3n) is 7.48. The Morgan fingerprint density at radius 1 is 0.689 bits per heavy atom. The minimum Gasteiger partial charge on any atom is -0.493 e. The summed E-state index contributed by atoms with van der Waals surface area (Å²) < 4.78 is 30.2. The lowest BCUT2D eigenvalue weighted by Gasteiger charge is -2.08. The largest absolute Gasteiger partial charge is 0.493 e. The zero-order valence-electron chi connectivity index (χ0n) is 25.8. The number of halogens is 1. The van der Waals surface area contributed by atoms with Gasteiger partial charge < -0.3 is 4.74 Å². The Balaban J connectivity index is 1.18. The highest BCUT2D eigenvalue weighted by Gasteiger charge is 2.16. The van der Waals surface area contributed by atoms with Crippen molar-refractivity contribution >= 4 is 45.5 Å². The highest BCUT2D eigenvalue weighted by molar-refractivity contribution is 7.19. The number of ether oxygens (including phenoxy) is 1. The van der Waals surface area contributed by atoms with Crippen LogP contribution in [0.2, 0.25) is 0 Å². The van der Waals surface area contributed by atoms with Crippen molar-refractivity contribution in [1.82, 2.24) is 8.75 Å². The van der Waals surface area contributed by atoms with Crippen molar-refractivity contribution in [2.24, 2.45) is 22.1 Å². The second-order valence-corrected chi connectivity index (χ2v) is 13.6. The van der Waals surface area contributed by atoms with Crippen molar-refractivity contribution in [3.63, 3.8) is 0 Å². The minimum atomic E-state index is -0.173. The number of aromatic nitrogens is 2. The normalized spacial score (nSPS) is 11.8. The third kappa shape index (κ3) is 7.35. The predicted molar refractivity (Wildman–Crippen MR) is 186 cm³/mol. The van der Waals surface area contributed by atoms with Crippen molar-refractivity contribution in [3.05, 3.63) is 102 Å². The second-order valence-electron chi connectivity index (χ2n) is 12.0. The SMILES string of the molecule is CC(C)CCc1ccc(-c2ccc(-c3ccc(-c4ccc(N=Nc5ccc(OCC(C)C)cc5)cc4)c4nsnc34)s2)c(F)c1. The topological polar surface area (TPSA) is 59.7 Å². The van der Waals surface area contributed by atoms with E-state index < -0.39 is 0 Å². The van der Waals surface area contributed by atoms with E-state index in [1.165, 1.54) is 11.7 Å². The van der Waals surface area contributed by atoms with Gasteiger partial charge in [-0.1, -0.05) is 64.1 Å². The first-order valence-corrected chi connectivity index (χ1v) is 16.8. The highest BCUT2D eigenvalue weighted by Crippen LogP contribution is 2.41. The summed E-state index contributed by atoms with van der Waals surface area (Å²) in [7, 11) is 0. The first-order chi connectivity index (χ1) is 21.8. The second kappa shape index (κ2) is 13.8. The molecule has 0 saturated carbocycles. The van der Waals surface area contributed by atoms with E-state index >= 15 is 4.39 Å². The third-order valence-corrected chi connectivity index (χ3v) is 9.16. The number of nitrogens with zero attached hydrogens (tertiary/aromatic N) is 4. The van der Waals surface area contributed by atoms with Gasteiger partial charge in [0.05, 0.1) is 29.7 Å².